The lowest BCUT2D eigenvalue weighted by Gasteiger charge is -2.32. The molecule has 0 bridgehead atoms. The van der Waals surface area contributed by atoms with Crippen LogP contribution in [0.1, 0.15) is 18.1 Å². The molecule has 3 rings (SSSR count). The van der Waals surface area contributed by atoms with E-state index in [-0.39, 0.29) is 5.41 Å². The smallest absolute Gasteiger partial charge is 0.170 e. The van der Waals surface area contributed by atoms with Gasteiger partial charge in [0.25, 0.3) is 0 Å². The van der Waals surface area contributed by atoms with E-state index in [1.54, 1.807) is 7.11 Å². The van der Waals surface area contributed by atoms with Gasteiger partial charge in [-0.3, -0.25) is 0 Å². The number of anilines is 1. The molecule has 3 nitrogen and oxygen atoms in total. The molecule has 0 aliphatic rings. The van der Waals surface area contributed by atoms with Gasteiger partial charge in [0.05, 0.1) is 7.11 Å². The lowest BCUT2D eigenvalue weighted by molar-refractivity contribution is 0.415. The molecule has 0 heterocycles. The lowest BCUT2D eigenvalue weighted by Crippen LogP contribution is -2.41. The largest absolute Gasteiger partial charge is 0.497 e. The Balaban J connectivity index is 1.76. The van der Waals surface area contributed by atoms with Crippen LogP contribution in [0.25, 0.3) is 0 Å². The highest BCUT2D eigenvalue weighted by molar-refractivity contribution is 7.80. The molecule has 0 unspecified atom stereocenters. The third-order valence-corrected chi connectivity index (χ3v) is 5.00. The summed E-state index contributed by atoms with van der Waals surface area (Å²) in [6.45, 7) is 2.91. The van der Waals surface area contributed by atoms with Crippen molar-refractivity contribution in [1.29, 1.82) is 0 Å². The minimum atomic E-state index is -0.206. The number of benzene rings is 3. The maximum Gasteiger partial charge on any atom is 0.170 e. The van der Waals surface area contributed by atoms with Crippen LogP contribution in [0.5, 0.6) is 5.75 Å². The predicted molar refractivity (Wildman–Crippen MR) is 117 cm³/mol. The Morgan fingerprint density at radius 3 is 2.04 bits per heavy atom. The fourth-order valence-electron chi connectivity index (χ4n) is 3.12. The molecule has 0 amide bonds. The van der Waals surface area contributed by atoms with Gasteiger partial charge in [-0.2, -0.15) is 0 Å². The van der Waals surface area contributed by atoms with Gasteiger partial charge in [-0.25, -0.2) is 0 Å². The first-order valence-electron chi connectivity index (χ1n) is 8.92. The van der Waals surface area contributed by atoms with Gasteiger partial charge < -0.3 is 15.4 Å². The molecule has 0 aromatic heterocycles. The summed E-state index contributed by atoms with van der Waals surface area (Å²) in [5.74, 6) is 0.793. The Kier molecular flexibility index (Phi) is 6.09. The van der Waals surface area contributed by atoms with Crippen LogP contribution in [-0.4, -0.2) is 18.8 Å². The van der Waals surface area contributed by atoms with Gasteiger partial charge in [0, 0.05) is 23.7 Å². The quantitative estimate of drug-likeness (QED) is 0.594. The molecule has 0 aliphatic heterocycles. The highest BCUT2D eigenvalue weighted by Gasteiger charge is 2.28. The number of nitrogens with one attached hydrogen (secondary N) is 2. The summed E-state index contributed by atoms with van der Waals surface area (Å²) in [5, 5.41) is 7.20. The fraction of sp³-hybridized carbons (Fsp3) is 0.174. The minimum absolute atomic E-state index is 0.206. The van der Waals surface area contributed by atoms with E-state index >= 15 is 0 Å². The van der Waals surface area contributed by atoms with Crippen LogP contribution in [0.3, 0.4) is 0 Å². The first-order chi connectivity index (χ1) is 13.1. The Labute approximate surface area is 166 Å². The zero-order valence-corrected chi connectivity index (χ0v) is 16.4. The summed E-state index contributed by atoms with van der Waals surface area (Å²) in [6, 6.07) is 28.7. The van der Waals surface area contributed by atoms with E-state index < -0.39 is 0 Å². The van der Waals surface area contributed by atoms with Crippen molar-refractivity contribution < 1.29 is 4.74 Å². The van der Waals surface area contributed by atoms with Crippen LogP contribution in [-0.2, 0) is 5.41 Å². The van der Waals surface area contributed by atoms with Crippen molar-refractivity contribution in [3.8, 4) is 5.75 Å². The van der Waals surface area contributed by atoms with Crippen molar-refractivity contribution in [3.63, 3.8) is 0 Å². The molecule has 0 spiro atoms. The zero-order chi connectivity index (χ0) is 19.1. The molecule has 0 atom stereocenters. The van der Waals surface area contributed by atoms with E-state index in [1.165, 1.54) is 11.1 Å². The van der Waals surface area contributed by atoms with Gasteiger partial charge in [0.15, 0.2) is 5.11 Å². The molecule has 0 radical (unpaired) electrons. The zero-order valence-electron chi connectivity index (χ0n) is 15.6. The molecule has 138 valence electrons. The van der Waals surface area contributed by atoms with Gasteiger partial charge in [-0.05, 0) is 42.4 Å². The van der Waals surface area contributed by atoms with E-state index in [9.17, 15) is 0 Å². The molecular formula is C23H24N2OS. The van der Waals surface area contributed by atoms with Crippen LogP contribution in [0, 0.1) is 0 Å². The Bertz CT molecular complexity index is 842. The van der Waals surface area contributed by atoms with Crippen LogP contribution in [0.2, 0.25) is 0 Å². The number of rotatable bonds is 6. The van der Waals surface area contributed by atoms with Crippen molar-refractivity contribution in [2.24, 2.45) is 0 Å². The molecular weight excluding hydrogens is 352 g/mol. The summed E-state index contributed by atoms with van der Waals surface area (Å²) in [5.41, 5.74) is 3.18. The summed E-state index contributed by atoms with van der Waals surface area (Å²) >= 11 is 5.52. The molecule has 0 saturated heterocycles. The van der Waals surface area contributed by atoms with Gasteiger partial charge in [0.2, 0.25) is 0 Å². The SMILES string of the molecule is COc1cccc(NC(=S)NCC(C)(c2ccccc2)c2ccccc2)c1. The minimum Gasteiger partial charge on any atom is -0.497 e. The number of ether oxygens (including phenoxy) is 1. The van der Waals surface area contributed by atoms with Gasteiger partial charge in [-0.15, -0.1) is 0 Å². The van der Waals surface area contributed by atoms with Crippen LogP contribution < -0.4 is 15.4 Å². The topological polar surface area (TPSA) is 33.3 Å². The number of methoxy groups -OCH3 is 1. The number of hydrogen-bond acceptors (Lipinski definition) is 2. The summed E-state index contributed by atoms with van der Waals surface area (Å²) in [7, 11) is 1.65. The van der Waals surface area contributed by atoms with Crippen molar-refractivity contribution >= 4 is 23.0 Å². The maximum atomic E-state index is 5.52. The molecule has 0 saturated carbocycles. The molecule has 4 heteroatoms. The lowest BCUT2D eigenvalue weighted by atomic mass is 9.76. The second-order valence-electron chi connectivity index (χ2n) is 6.60. The first-order valence-corrected chi connectivity index (χ1v) is 9.32. The van der Waals surface area contributed by atoms with Crippen LogP contribution in [0.15, 0.2) is 84.9 Å². The van der Waals surface area contributed by atoms with Crippen molar-refractivity contribution in [1.82, 2.24) is 5.32 Å². The first kappa shape index (κ1) is 18.9. The van der Waals surface area contributed by atoms with Crippen molar-refractivity contribution in [2.75, 3.05) is 19.0 Å². The highest BCUT2D eigenvalue weighted by Crippen LogP contribution is 2.31. The Morgan fingerprint density at radius 2 is 1.48 bits per heavy atom. The van der Waals surface area contributed by atoms with Crippen molar-refractivity contribution in [3.05, 3.63) is 96.1 Å². The molecule has 3 aromatic rings. The number of thiocarbonyl (C=S) groups is 1. The van der Waals surface area contributed by atoms with E-state index in [1.807, 2.05) is 36.4 Å². The highest BCUT2D eigenvalue weighted by atomic mass is 32.1. The molecule has 3 aromatic carbocycles. The van der Waals surface area contributed by atoms with E-state index in [0.717, 1.165) is 11.4 Å². The third kappa shape index (κ3) is 4.66. The summed E-state index contributed by atoms with van der Waals surface area (Å²) in [6.07, 6.45) is 0. The standard InChI is InChI=1S/C23H24N2OS/c1-23(18-10-5-3-6-11-18,19-12-7-4-8-13-19)17-24-22(27)25-20-14-9-15-21(16-20)26-2/h3-16H,17H2,1-2H3,(H2,24,25,27). The molecule has 0 aliphatic carbocycles. The second-order valence-corrected chi connectivity index (χ2v) is 7.01. The molecule has 2 N–H and O–H groups in total. The normalized spacial score (nSPS) is 10.9. The van der Waals surface area contributed by atoms with Gasteiger partial charge >= 0.3 is 0 Å². The van der Waals surface area contributed by atoms with E-state index in [4.69, 9.17) is 17.0 Å². The van der Waals surface area contributed by atoms with Gasteiger partial charge in [0.1, 0.15) is 5.75 Å². The molecule has 27 heavy (non-hydrogen) atoms. The van der Waals surface area contributed by atoms with Crippen molar-refractivity contribution in [2.45, 2.75) is 12.3 Å². The maximum absolute atomic E-state index is 5.52. The third-order valence-electron chi connectivity index (χ3n) is 4.75. The summed E-state index contributed by atoms with van der Waals surface area (Å²) < 4.78 is 5.26. The molecule has 0 fully saturated rings. The van der Waals surface area contributed by atoms with Crippen LogP contribution >= 0.6 is 12.2 Å². The monoisotopic (exact) mass is 376 g/mol. The predicted octanol–water partition coefficient (Wildman–Crippen LogP) is 4.99. The Hall–Kier alpha value is -2.85. The fourth-order valence-corrected chi connectivity index (χ4v) is 3.31. The van der Waals surface area contributed by atoms with Crippen LogP contribution in [0.4, 0.5) is 5.69 Å². The number of hydrogen-bond donors (Lipinski definition) is 2. The average molecular weight is 377 g/mol. The average Bonchev–Trinajstić information content (AvgIpc) is 2.73. The van der Waals surface area contributed by atoms with E-state index in [0.29, 0.717) is 11.7 Å². The Morgan fingerprint density at radius 1 is 0.889 bits per heavy atom. The summed E-state index contributed by atoms with van der Waals surface area (Å²) in [4.78, 5) is 0. The van der Waals surface area contributed by atoms with E-state index in [2.05, 4.69) is 66.1 Å². The van der Waals surface area contributed by atoms with Gasteiger partial charge in [-0.1, -0.05) is 66.7 Å². The second kappa shape index (κ2) is 8.69.